The van der Waals surface area contributed by atoms with Gasteiger partial charge >= 0.3 is 0 Å². The van der Waals surface area contributed by atoms with Gasteiger partial charge in [0.15, 0.2) is 11.6 Å². The summed E-state index contributed by atoms with van der Waals surface area (Å²) >= 11 is 0. The number of hydrogen-bond donors (Lipinski definition) is 2. The molecule has 0 saturated heterocycles. The first-order chi connectivity index (χ1) is 8.98. The third kappa shape index (κ3) is 5.57. The highest BCUT2D eigenvalue weighted by Crippen LogP contribution is 2.18. The van der Waals surface area contributed by atoms with Crippen molar-refractivity contribution < 1.29 is 14.2 Å². The van der Waals surface area contributed by atoms with Crippen LogP contribution in [0.15, 0.2) is 18.2 Å². The fourth-order valence-electron chi connectivity index (χ4n) is 1.89. The average molecular weight is 269 g/mol. The van der Waals surface area contributed by atoms with Crippen molar-refractivity contribution in [3.05, 3.63) is 29.6 Å². The molecule has 0 bridgehead atoms. The summed E-state index contributed by atoms with van der Waals surface area (Å²) in [5.74, 6) is -0.00575. The summed E-state index contributed by atoms with van der Waals surface area (Å²) in [5.41, 5.74) is 0.840. The van der Waals surface area contributed by atoms with Gasteiger partial charge < -0.3 is 15.2 Å². The van der Waals surface area contributed by atoms with Crippen molar-refractivity contribution in [2.45, 2.75) is 39.2 Å². The third-order valence-corrected chi connectivity index (χ3v) is 3.05. The standard InChI is InChI=1S/C15H24FNO2/c1-4-19-14-6-5-12(11-13(14)16)7-9-17-15(2,3)8-10-18/h5-6,11,17-18H,4,7-10H2,1-3H3. The van der Waals surface area contributed by atoms with Crippen molar-refractivity contribution in [2.75, 3.05) is 19.8 Å². The maximum absolute atomic E-state index is 13.6. The molecule has 0 radical (unpaired) electrons. The van der Waals surface area contributed by atoms with Gasteiger partial charge in [0.05, 0.1) is 6.61 Å². The Hall–Kier alpha value is -1.13. The molecule has 0 amide bonds. The molecule has 0 spiro atoms. The van der Waals surface area contributed by atoms with Crippen LogP contribution in [0.25, 0.3) is 0 Å². The Morgan fingerprint density at radius 1 is 1.37 bits per heavy atom. The maximum Gasteiger partial charge on any atom is 0.165 e. The lowest BCUT2D eigenvalue weighted by Crippen LogP contribution is -2.41. The summed E-state index contributed by atoms with van der Waals surface area (Å²) in [5, 5.41) is 12.3. The third-order valence-electron chi connectivity index (χ3n) is 3.05. The van der Waals surface area contributed by atoms with Crippen molar-refractivity contribution in [3.8, 4) is 5.75 Å². The van der Waals surface area contributed by atoms with Gasteiger partial charge in [0, 0.05) is 12.1 Å². The van der Waals surface area contributed by atoms with Gasteiger partial charge in [-0.2, -0.15) is 0 Å². The maximum atomic E-state index is 13.6. The fraction of sp³-hybridized carbons (Fsp3) is 0.600. The number of rotatable bonds is 8. The van der Waals surface area contributed by atoms with Crippen LogP contribution in [-0.4, -0.2) is 30.4 Å². The monoisotopic (exact) mass is 269 g/mol. The Morgan fingerprint density at radius 3 is 2.68 bits per heavy atom. The number of aliphatic hydroxyl groups excluding tert-OH is 1. The number of ether oxygens (including phenoxy) is 1. The minimum absolute atomic E-state index is 0.0987. The molecular weight excluding hydrogens is 245 g/mol. The molecular formula is C15H24FNO2. The molecule has 108 valence electrons. The first-order valence-corrected chi connectivity index (χ1v) is 6.75. The topological polar surface area (TPSA) is 41.5 Å². The van der Waals surface area contributed by atoms with E-state index in [2.05, 4.69) is 5.32 Å². The van der Waals surface area contributed by atoms with E-state index in [1.165, 1.54) is 6.07 Å². The average Bonchev–Trinajstić information content (AvgIpc) is 2.32. The van der Waals surface area contributed by atoms with Crippen molar-refractivity contribution in [1.29, 1.82) is 0 Å². The van der Waals surface area contributed by atoms with Gasteiger partial charge in [-0.1, -0.05) is 6.07 Å². The van der Waals surface area contributed by atoms with Gasteiger partial charge in [0.1, 0.15) is 0 Å². The first-order valence-electron chi connectivity index (χ1n) is 6.75. The van der Waals surface area contributed by atoms with Crippen LogP contribution in [0.4, 0.5) is 4.39 Å². The molecule has 0 heterocycles. The van der Waals surface area contributed by atoms with E-state index in [-0.39, 0.29) is 18.0 Å². The molecule has 4 heteroatoms. The quantitative estimate of drug-likeness (QED) is 0.762. The smallest absolute Gasteiger partial charge is 0.165 e. The number of aliphatic hydroxyl groups is 1. The van der Waals surface area contributed by atoms with E-state index in [1.54, 1.807) is 6.07 Å². The molecule has 0 fully saturated rings. The second-order valence-corrected chi connectivity index (χ2v) is 5.23. The Labute approximate surface area is 114 Å². The summed E-state index contributed by atoms with van der Waals surface area (Å²) in [4.78, 5) is 0. The lowest BCUT2D eigenvalue weighted by atomic mass is 10.0. The van der Waals surface area contributed by atoms with E-state index in [9.17, 15) is 4.39 Å². The van der Waals surface area contributed by atoms with E-state index in [0.29, 0.717) is 18.8 Å². The van der Waals surface area contributed by atoms with Crippen LogP contribution < -0.4 is 10.1 Å². The van der Waals surface area contributed by atoms with Crippen LogP contribution in [0.3, 0.4) is 0 Å². The predicted octanol–water partition coefficient (Wildman–Crippen LogP) is 2.52. The predicted molar refractivity (Wildman–Crippen MR) is 75.1 cm³/mol. The van der Waals surface area contributed by atoms with E-state index in [0.717, 1.165) is 18.5 Å². The molecule has 0 aliphatic heterocycles. The van der Waals surface area contributed by atoms with Crippen molar-refractivity contribution in [1.82, 2.24) is 5.32 Å². The van der Waals surface area contributed by atoms with Crippen molar-refractivity contribution in [2.24, 2.45) is 0 Å². The van der Waals surface area contributed by atoms with Crippen LogP contribution in [0.1, 0.15) is 32.8 Å². The SMILES string of the molecule is CCOc1ccc(CCNC(C)(C)CCO)cc1F. The lowest BCUT2D eigenvalue weighted by molar-refractivity contribution is 0.231. The minimum Gasteiger partial charge on any atom is -0.491 e. The van der Waals surface area contributed by atoms with Gasteiger partial charge in [-0.25, -0.2) is 4.39 Å². The number of benzene rings is 1. The van der Waals surface area contributed by atoms with Gasteiger partial charge in [-0.15, -0.1) is 0 Å². The van der Waals surface area contributed by atoms with Crippen LogP contribution in [0.2, 0.25) is 0 Å². The summed E-state index contributed by atoms with van der Waals surface area (Å²) in [6, 6.07) is 5.08. The Bertz CT molecular complexity index is 394. The molecule has 1 aromatic rings. The highest BCUT2D eigenvalue weighted by atomic mass is 19.1. The molecule has 1 rings (SSSR count). The minimum atomic E-state index is -0.311. The van der Waals surface area contributed by atoms with Crippen LogP contribution in [-0.2, 0) is 6.42 Å². The van der Waals surface area contributed by atoms with Gasteiger partial charge in [0.2, 0.25) is 0 Å². The van der Waals surface area contributed by atoms with Crippen molar-refractivity contribution in [3.63, 3.8) is 0 Å². The Morgan fingerprint density at radius 2 is 2.11 bits per heavy atom. The van der Waals surface area contributed by atoms with E-state index in [4.69, 9.17) is 9.84 Å². The molecule has 0 unspecified atom stereocenters. The van der Waals surface area contributed by atoms with Gasteiger partial charge in [0.25, 0.3) is 0 Å². The summed E-state index contributed by atoms with van der Waals surface area (Å²) < 4.78 is 18.8. The molecule has 0 saturated carbocycles. The summed E-state index contributed by atoms with van der Waals surface area (Å²) in [6.45, 7) is 7.30. The normalized spacial score (nSPS) is 11.6. The Kier molecular flexibility index (Phi) is 6.25. The zero-order chi connectivity index (χ0) is 14.3. The molecule has 19 heavy (non-hydrogen) atoms. The number of nitrogens with one attached hydrogen (secondary N) is 1. The van der Waals surface area contributed by atoms with Crippen LogP contribution >= 0.6 is 0 Å². The van der Waals surface area contributed by atoms with Gasteiger partial charge in [-0.3, -0.25) is 0 Å². The first kappa shape index (κ1) is 15.9. The highest BCUT2D eigenvalue weighted by molar-refractivity contribution is 5.29. The summed E-state index contributed by atoms with van der Waals surface area (Å²) in [6.07, 6.45) is 1.45. The zero-order valence-corrected chi connectivity index (χ0v) is 12.0. The van der Waals surface area contributed by atoms with E-state index in [1.807, 2.05) is 26.8 Å². The van der Waals surface area contributed by atoms with Crippen LogP contribution in [0, 0.1) is 5.82 Å². The molecule has 3 nitrogen and oxygen atoms in total. The molecule has 1 aromatic carbocycles. The van der Waals surface area contributed by atoms with Crippen molar-refractivity contribution >= 4 is 0 Å². The lowest BCUT2D eigenvalue weighted by Gasteiger charge is -2.25. The molecule has 0 atom stereocenters. The van der Waals surface area contributed by atoms with E-state index >= 15 is 0 Å². The number of halogens is 1. The highest BCUT2D eigenvalue weighted by Gasteiger charge is 2.15. The Balaban J connectivity index is 2.48. The largest absolute Gasteiger partial charge is 0.491 e. The van der Waals surface area contributed by atoms with E-state index < -0.39 is 0 Å². The molecule has 0 aromatic heterocycles. The summed E-state index contributed by atoms with van der Waals surface area (Å²) in [7, 11) is 0. The molecule has 0 aliphatic carbocycles. The fourth-order valence-corrected chi connectivity index (χ4v) is 1.89. The molecule has 2 N–H and O–H groups in total. The second kappa shape index (κ2) is 7.46. The zero-order valence-electron chi connectivity index (χ0n) is 12.0. The number of hydrogen-bond acceptors (Lipinski definition) is 3. The second-order valence-electron chi connectivity index (χ2n) is 5.23. The molecule has 0 aliphatic rings. The van der Waals surface area contributed by atoms with Gasteiger partial charge in [-0.05, 0) is 57.9 Å². The van der Waals surface area contributed by atoms with Crippen LogP contribution in [0.5, 0.6) is 5.75 Å².